The minimum absolute atomic E-state index is 0.0375. The Kier molecular flexibility index (Phi) is 11.9. The molecule has 1 amide bonds. The molecular weight excluding hydrogens is 619 g/mol. The second-order valence-corrected chi connectivity index (χ2v) is 12.1. The lowest BCUT2D eigenvalue weighted by molar-refractivity contribution is -0.192. The van der Waals surface area contributed by atoms with Gasteiger partial charge in [0.1, 0.15) is 5.75 Å². The fourth-order valence-corrected chi connectivity index (χ4v) is 6.06. The molecule has 4 aromatic rings. The van der Waals surface area contributed by atoms with Crippen LogP contribution in [0, 0.1) is 0 Å². The van der Waals surface area contributed by atoms with Gasteiger partial charge in [-0.25, -0.2) is 4.79 Å². The number of carbonyl (C=O) groups excluding carboxylic acids is 1. The van der Waals surface area contributed by atoms with Crippen molar-refractivity contribution in [3.05, 3.63) is 125 Å². The summed E-state index contributed by atoms with van der Waals surface area (Å²) in [6, 6.07) is 36.6. The van der Waals surface area contributed by atoms with Gasteiger partial charge in [0.2, 0.25) is 0 Å². The van der Waals surface area contributed by atoms with Crippen LogP contribution in [-0.4, -0.2) is 59.8 Å². The number of benzene rings is 4. The smallest absolute Gasteiger partial charge is 0.484 e. The van der Waals surface area contributed by atoms with E-state index in [0.717, 1.165) is 56.6 Å². The molecule has 0 unspecified atom stereocenters. The molecule has 0 spiro atoms. The van der Waals surface area contributed by atoms with Gasteiger partial charge in [0.25, 0.3) is 5.91 Å². The van der Waals surface area contributed by atoms with Gasteiger partial charge in [0, 0.05) is 25.2 Å². The van der Waals surface area contributed by atoms with E-state index in [4.69, 9.17) is 14.6 Å². The zero-order chi connectivity index (χ0) is 33.9. The summed E-state index contributed by atoms with van der Waals surface area (Å²) in [5, 5.41) is 14.3. The molecule has 1 saturated heterocycles. The molecule has 1 aliphatic carbocycles. The lowest BCUT2D eigenvalue weighted by Gasteiger charge is -2.35. The summed E-state index contributed by atoms with van der Waals surface area (Å²) >= 11 is 0. The Bertz CT molecular complexity index is 1600. The van der Waals surface area contributed by atoms with Crippen LogP contribution in [0.3, 0.4) is 0 Å². The maximum Gasteiger partial charge on any atom is 0.490 e. The molecular formula is C38H40F3N3O4. The molecule has 10 heteroatoms. The first-order valence-electron chi connectivity index (χ1n) is 16.1. The fourth-order valence-electron chi connectivity index (χ4n) is 6.06. The second-order valence-electron chi connectivity index (χ2n) is 12.1. The van der Waals surface area contributed by atoms with Crippen LogP contribution < -0.4 is 15.4 Å². The van der Waals surface area contributed by atoms with Crippen molar-refractivity contribution < 1.29 is 32.6 Å². The third-order valence-corrected chi connectivity index (χ3v) is 8.66. The Balaban J connectivity index is 0.000000582. The van der Waals surface area contributed by atoms with E-state index in [9.17, 15) is 18.0 Å². The van der Waals surface area contributed by atoms with E-state index in [2.05, 4.69) is 83.4 Å². The summed E-state index contributed by atoms with van der Waals surface area (Å²) < 4.78 is 37.5. The maximum atomic E-state index is 13.3. The average Bonchev–Trinajstić information content (AvgIpc) is 3.53. The van der Waals surface area contributed by atoms with Crippen LogP contribution >= 0.6 is 0 Å². The summed E-state index contributed by atoms with van der Waals surface area (Å²) in [5.74, 6) is -2.00. The standard InChI is InChI=1S/C36H39N3O2.C2HF3O2/c40-36(26-41-35-8-2-1-3-9-35)39(34-18-20-37-21-19-34)25-28-12-16-30(17-13-28)29-14-10-27(11-15-29)24-38-33-22-31-6-4-5-7-32(31)23-33;3-2(4,5)1(6)7/h1-17,33-34,37-38H,18-26H2;(H,6,7). The molecule has 0 atom stereocenters. The molecule has 1 fully saturated rings. The van der Waals surface area contributed by atoms with E-state index in [1.54, 1.807) is 0 Å². The first kappa shape index (κ1) is 34.7. The number of nitrogens with one attached hydrogen (secondary N) is 2. The lowest BCUT2D eigenvalue weighted by Crippen LogP contribution is -2.47. The highest BCUT2D eigenvalue weighted by molar-refractivity contribution is 5.78. The summed E-state index contributed by atoms with van der Waals surface area (Å²) in [7, 11) is 0. The number of carboxylic acid groups (broad SMARTS) is 1. The first-order chi connectivity index (χ1) is 23.2. The molecule has 3 N–H and O–H groups in total. The third kappa shape index (κ3) is 9.92. The molecule has 0 bridgehead atoms. The third-order valence-electron chi connectivity index (χ3n) is 8.66. The van der Waals surface area contributed by atoms with Gasteiger partial charge < -0.3 is 25.4 Å². The fraction of sp³-hybridized carbons (Fsp3) is 0.316. The monoisotopic (exact) mass is 659 g/mol. The molecule has 252 valence electrons. The van der Waals surface area contributed by atoms with Crippen molar-refractivity contribution in [2.45, 2.75) is 57.0 Å². The van der Waals surface area contributed by atoms with E-state index in [0.29, 0.717) is 12.6 Å². The maximum absolute atomic E-state index is 13.3. The largest absolute Gasteiger partial charge is 0.490 e. The number of hydrogen-bond acceptors (Lipinski definition) is 5. The number of alkyl halides is 3. The van der Waals surface area contributed by atoms with Crippen molar-refractivity contribution in [3.8, 4) is 16.9 Å². The number of rotatable bonds is 10. The van der Waals surface area contributed by atoms with Crippen LogP contribution in [0.2, 0.25) is 0 Å². The van der Waals surface area contributed by atoms with Crippen LogP contribution in [0.1, 0.15) is 35.1 Å². The zero-order valence-electron chi connectivity index (χ0n) is 26.6. The highest BCUT2D eigenvalue weighted by Crippen LogP contribution is 2.24. The Labute approximate surface area is 278 Å². The molecule has 0 aromatic heterocycles. The highest BCUT2D eigenvalue weighted by Gasteiger charge is 2.38. The van der Waals surface area contributed by atoms with Crippen molar-refractivity contribution in [2.24, 2.45) is 0 Å². The number of amides is 1. The predicted octanol–water partition coefficient (Wildman–Crippen LogP) is 6.40. The van der Waals surface area contributed by atoms with E-state index in [-0.39, 0.29) is 18.6 Å². The number of para-hydroxylation sites is 1. The molecule has 0 saturated carbocycles. The summed E-state index contributed by atoms with van der Waals surface area (Å²) in [6.45, 7) is 3.41. The van der Waals surface area contributed by atoms with Gasteiger partial charge in [-0.15, -0.1) is 0 Å². The average molecular weight is 660 g/mol. The molecule has 2 aliphatic rings. The summed E-state index contributed by atoms with van der Waals surface area (Å²) in [5.41, 5.74) is 7.79. The Morgan fingerprint density at radius 1 is 0.792 bits per heavy atom. The van der Waals surface area contributed by atoms with Crippen LogP contribution in [0.4, 0.5) is 13.2 Å². The van der Waals surface area contributed by atoms with Crippen LogP contribution in [-0.2, 0) is 35.5 Å². The molecule has 0 radical (unpaired) electrons. The zero-order valence-corrected chi connectivity index (χ0v) is 26.6. The van der Waals surface area contributed by atoms with Crippen molar-refractivity contribution in [1.29, 1.82) is 0 Å². The summed E-state index contributed by atoms with van der Waals surface area (Å²) in [6.07, 6.45) is -0.934. The number of ether oxygens (including phenoxy) is 1. The number of hydrogen-bond donors (Lipinski definition) is 3. The number of fused-ring (bicyclic) bond motifs is 1. The Morgan fingerprint density at radius 3 is 1.85 bits per heavy atom. The number of carboxylic acids is 1. The topological polar surface area (TPSA) is 90.9 Å². The van der Waals surface area contributed by atoms with E-state index in [1.165, 1.54) is 27.8 Å². The summed E-state index contributed by atoms with van der Waals surface area (Å²) in [4.78, 5) is 24.2. The number of aliphatic carboxylic acids is 1. The molecule has 1 aliphatic heterocycles. The second kappa shape index (κ2) is 16.4. The van der Waals surface area contributed by atoms with Crippen LogP contribution in [0.5, 0.6) is 5.75 Å². The van der Waals surface area contributed by atoms with Gasteiger partial charge in [-0.2, -0.15) is 13.2 Å². The molecule has 48 heavy (non-hydrogen) atoms. The van der Waals surface area contributed by atoms with Crippen molar-refractivity contribution in [2.75, 3.05) is 19.7 Å². The predicted molar refractivity (Wildman–Crippen MR) is 178 cm³/mol. The van der Waals surface area contributed by atoms with Gasteiger partial charge in [0.05, 0.1) is 0 Å². The van der Waals surface area contributed by atoms with Crippen LogP contribution in [0.25, 0.3) is 11.1 Å². The van der Waals surface area contributed by atoms with E-state index < -0.39 is 12.1 Å². The van der Waals surface area contributed by atoms with Crippen molar-refractivity contribution in [1.82, 2.24) is 15.5 Å². The number of carbonyl (C=O) groups is 2. The molecule has 6 rings (SSSR count). The lowest BCUT2D eigenvalue weighted by atomic mass is 10.0. The van der Waals surface area contributed by atoms with Gasteiger partial charge in [-0.3, -0.25) is 4.79 Å². The molecule has 7 nitrogen and oxygen atoms in total. The number of piperidine rings is 1. The van der Waals surface area contributed by atoms with E-state index >= 15 is 0 Å². The molecule has 4 aromatic carbocycles. The van der Waals surface area contributed by atoms with Gasteiger partial charge in [-0.05, 0) is 84.3 Å². The van der Waals surface area contributed by atoms with Crippen LogP contribution in [0.15, 0.2) is 103 Å². The van der Waals surface area contributed by atoms with Gasteiger partial charge >= 0.3 is 12.1 Å². The quantitative estimate of drug-likeness (QED) is 0.183. The first-order valence-corrected chi connectivity index (χ1v) is 16.1. The minimum atomic E-state index is -5.08. The minimum Gasteiger partial charge on any atom is -0.484 e. The van der Waals surface area contributed by atoms with Crippen molar-refractivity contribution in [3.63, 3.8) is 0 Å². The SMILES string of the molecule is O=C(COc1ccccc1)N(Cc1ccc(-c2ccc(CNC3Cc4ccccc4C3)cc2)cc1)C1CCNCC1.O=C(O)C(F)(F)F. The Hall–Kier alpha value is -4.67. The normalized spacial score (nSPS) is 14.8. The van der Waals surface area contributed by atoms with Crippen molar-refractivity contribution >= 4 is 11.9 Å². The molecule has 1 heterocycles. The number of nitrogens with zero attached hydrogens (tertiary/aromatic N) is 1. The number of halogens is 3. The Morgan fingerprint density at radius 2 is 1.31 bits per heavy atom. The highest BCUT2D eigenvalue weighted by atomic mass is 19.4. The van der Waals surface area contributed by atoms with E-state index in [1.807, 2.05) is 35.2 Å². The van der Waals surface area contributed by atoms with Gasteiger partial charge in [0.15, 0.2) is 6.61 Å². The van der Waals surface area contributed by atoms with Gasteiger partial charge in [-0.1, -0.05) is 91.0 Å².